The van der Waals surface area contributed by atoms with Gasteiger partial charge in [-0.1, -0.05) is 6.92 Å². The maximum absolute atomic E-state index is 13.3. The first kappa shape index (κ1) is 19.4. The van der Waals surface area contributed by atoms with Gasteiger partial charge >= 0.3 is 0 Å². The Kier molecular flexibility index (Phi) is 4.95. The Morgan fingerprint density at radius 3 is 1.69 bits per heavy atom. The maximum Gasteiger partial charge on any atom is 0.243 e. The zero-order valence-corrected chi connectivity index (χ0v) is 17.5. The van der Waals surface area contributed by atoms with Gasteiger partial charge in [0.2, 0.25) is 15.9 Å². The quantitative estimate of drug-likeness (QED) is 0.813. The lowest BCUT2D eigenvalue weighted by Gasteiger charge is -2.35. The molecule has 26 heavy (non-hydrogen) atoms. The SMILES string of the molecule is Cc1c(C)c(C)c(S(=O)(=O)N2CCN(C(=O)C3CC3C)CC2)c(C)c1C. The minimum absolute atomic E-state index is 0.157. The van der Waals surface area contributed by atoms with Crippen LogP contribution in [0.25, 0.3) is 0 Å². The molecule has 1 heterocycles. The van der Waals surface area contributed by atoms with Gasteiger partial charge < -0.3 is 4.90 Å². The Morgan fingerprint density at radius 1 is 0.846 bits per heavy atom. The molecule has 2 aliphatic rings. The van der Waals surface area contributed by atoms with Crippen molar-refractivity contribution >= 4 is 15.9 Å². The number of rotatable bonds is 3. The Labute approximate surface area is 157 Å². The van der Waals surface area contributed by atoms with Crippen molar-refractivity contribution in [2.45, 2.75) is 52.9 Å². The molecule has 1 aliphatic heterocycles. The van der Waals surface area contributed by atoms with Gasteiger partial charge in [-0.25, -0.2) is 8.42 Å². The van der Waals surface area contributed by atoms with Crippen molar-refractivity contribution in [3.05, 3.63) is 27.8 Å². The summed E-state index contributed by atoms with van der Waals surface area (Å²) in [5, 5.41) is 0. The number of sulfonamides is 1. The molecule has 1 amide bonds. The largest absolute Gasteiger partial charge is 0.340 e. The van der Waals surface area contributed by atoms with E-state index < -0.39 is 10.0 Å². The Balaban J connectivity index is 1.84. The van der Waals surface area contributed by atoms with Crippen molar-refractivity contribution in [1.82, 2.24) is 9.21 Å². The van der Waals surface area contributed by atoms with Gasteiger partial charge in [-0.2, -0.15) is 4.31 Å². The van der Waals surface area contributed by atoms with Gasteiger partial charge in [0, 0.05) is 32.1 Å². The zero-order chi connectivity index (χ0) is 19.4. The summed E-state index contributed by atoms with van der Waals surface area (Å²) in [4.78, 5) is 14.7. The predicted octanol–water partition coefficient (Wildman–Crippen LogP) is 2.72. The summed E-state index contributed by atoms with van der Waals surface area (Å²) in [6, 6.07) is 0. The van der Waals surface area contributed by atoms with Gasteiger partial charge in [0.05, 0.1) is 4.90 Å². The number of carbonyl (C=O) groups excluding carboxylic acids is 1. The lowest BCUT2D eigenvalue weighted by molar-refractivity contribution is -0.134. The zero-order valence-electron chi connectivity index (χ0n) is 16.7. The number of amides is 1. The summed E-state index contributed by atoms with van der Waals surface area (Å²) in [5.74, 6) is 0.835. The van der Waals surface area contributed by atoms with Crippen molar-refractivity contribution in [2.24, 2.45) is 11.8 Å². The molecule has 5 nitrogen and oxygen atoms in total. The highest BCUT2D eigenvalue weighted by Gasteiger charge is 2.43. The fourth-order valence-corrected chi connectivity index (χ4v) is 6.01. The molecule has 0 spiro atoms. The van der Waals surface area contributed by atoms with E-state index in [2.05, 4.69) is 6.92 Å². The lowest BCUT2D eigenvalue weighted by Crippen LogP contribution is -2.51. The van der Waals surface area contributed by atoms with Crippen LogP contribution in [-0.4, -0.2) is 49.7 Å². The Bertz CT molecular complexity index is 823. The number of carbonyl (C=O) groups is 1. The Hall–Kier alpha value is -1.40. The molecule has 2 fully saturated rings. The van der Waals surface area contributed by atoms with E-state index in [0.29, 0.717) is 37.0 Å². The van der Waals surface area contributed by atoms with Crippen molar-refractivity contribution in [1.29, 1.82) is 0 Å². The van der Waals surface area contributed by atoms with Crippen LogP contribution in [0.2, 0.25) is 0 Å². The van der Waals surface area contributed by atoms with Crippen LogP contribution in [0.4, 0.5) is 0 Å². The first-order chi connectivity index (χ1) is 12.1. The Morgan fingerprint density at radius 2 is 1.27 bits per heavy atom. The van der Waals surface area contributed by atoms with E-state index in [-0.39, 0.29) is 11.8 Å². The van der Waals surface area contributed by atoms with Crippen LogP contribution in [0.15, 0.2) is 4.90 Å². The summed E-state index contributed by atoms with van der Waals surface area (Å²) in [6.45, 7) is 13.6. The fraction of sp³-hybridized carbons (Fsp3) is 0.650. The average Bonchev–Trinajstić information content (AvgIpc) is 3.34. The minimum Gasteiger partial charge on any atom is -0.340 e. The lowest BCUT2D eigenvalue weighted by atomic mass is 9.95. The van der Waals surface area contributed by atoms with Gasteiger partial charge in [-0.05, 0) is 74.8 Å². The predicted molar refractivity (Wildman–Crippen MR) is 103 cm³/mol. The monoisotopic (exact) mass is 378 g/mol. The molecule has 1 saturated carbocycles. The third kappa shape index (κ3) is 3.07. The summed E-state index contributed by atoms with van der Waals surface area (Å²) in [6.07, 6.45) is 0.970. The highest BCUT2D eigenvalue weighted by molar-refractivity contribution is 7.89. The molecule has 2 atom stereocenters. The number of hydrogen-bond donors (Lipinski definition) is 0. The second-order valence-electron chi connectivity index (χ2n) is 8.00. The fourth-order valence-electron chi connectivity index (χ4n) is 4.03. The van der Waals surface area contributed by atoms with E-state index in [1.807, 2.05) is 39.5 Å². The normalized spacial score (nSPS) is 24.0. The summed E-state index contributed by atoms with van der Waals surface area (Å²) in [7, 11) is -3.55. The topological polar surface area (TPSA) is 57.7 Å². The van der Waals surface area contributed by atoms with E-state index in [1.165, 1.54) is 0 Å². The van der Waals surface area contributed by atoms with E-state index in [0.717, 1.165) is 34.2 Å². The molecule has 3 rings (SSSR count). The molecular formula is C20H30N2O3S. The number of nitrogens with zero attached hydrogens (tertiary/aromatic N) is 2. The van der Waals surface area contributed by atoms with Gasteiger partial charge in [-0.15, -0.1) is 0 Å². The third-order valence-electron chi connectivity index (χ3n) is 6.51. The van der Waals surface area contributed by atoms with Crippen molar-refractivity contribution in [3.63, 3.8) is 0 Å². The molecule has 2 unspecified atom stereocenters. The maximum atomic E-state index is 13.3. The summed E-state index contributed by atoms with van der Waals surface area (Å²) < 4.78 is 28.2. The minimum atomic E-state index is -3.55. The molecule has 1 aromatic rings. The van der Waals surface area contributed by atoms with Gasteiger partial charge in [0.1, 0.15) is 0 Å². The molecule has 0 aromatic heterocycles. The number of hydrogen-bond acceptors (Lipinski definition) is 3. The smallest absolute Gasteiger partial charge is 0.243 e. The van der Waals surface area contributed by atoms with E-state index in [1.54, 1.807) is 4.31 Å². The molecule has 144 valence electrons. The molecular weight excluding hydrogens is 348 g/mol. The van der Waals surface area contributed by atoms with Crippen LogP contribution in [0.1, 0.15) is 41.2 Å². The first-order valence-electron chi connectivity index (χ1n) is 9.43. The summed E-state index contributed by atoms with van der Waals surface area (Å²) in [5.41, 5.74) is 4.94. The molecule has 0 radical (unpaired) electrons. The van der Waals surface area contributed by atoms with Crippen LogP contribution in [0.3, 0.4) is 0 Å². The molecule has 1 aromatic carbocycles. The van der Waals surface area contributed by atoms with E-state index in [4.69, 9.17) is 0 Å². The van der Waals surface area contributed by atoms with Crippen LogP contribution >= 0.6 is 0 Å². The molecule has 0 bridgehead atoms. The second-order valence-corrected chi connectivity index (χ2v) is 9.88. The molecule has 1 saturated heterocycles. The van der Waals surface area contributed by atoms with Crippen LogP contribution < -0.4 is 0 Å². The molecule has 0 N–H and O–H groups in total. The van der Waals surface area contributed by atoms with Crippen LogP contribution in [0, 0.1) is 46.5 Å². The number of benzene rings is 1. The van der Waals surface area contributed by atoms with E-state index in [9.17, 15) is 13.2 Å². The average molecular weight is 379 g/mol. The second kappa shape index (κ2) is 6.64. The summed E-state index contributed by atoms with van der Waals surface area (Å²) >= 11 is 0. The highest BCUT2D eigenvalue weighted by atomic mass is 32.2. The highest BCUT2D eigenvalue weighted by Crippen LogP contribution is 2.39. The third-order valence-corrected chi connectivity index (χ3v) is 8.68. The molecule has 1 aliphatic carbocycles. The van der Waals surface area contributed by atoms with Crippen molar-refractivity contribution in [2.75, 3.05) is 26.2 Å². The van der Waals surface area contributed by atoms with Gasteiger partial charge in [0.25, 0.3) is 0 Å². The number of piperazine rings is 1. The van der Waals surface area contributed by atoms with Crippen LogP contribution in [0.5, 0.6) is 0 Å². The van der Waals surface area contributed by atoms with E-state index >= 15 is 0 Å². The molecule has 6 heteroatoms. The van der Waals surface area contributed by atoms with Crippen molar-refractivity contribution < 1.29 is 13.2 Å². The van der Waals surface area contributed by atoms with Crippen molar-refractivity contribution in [3.8, 4) is 0 Å². The van der Waals surface area contributed by atoms with Crippen LogP contribution in [-0.2, 0) is 14.8 Å². The standard InChI is InChI=1S/C20H30N2O3S/c1-12-11-18(12)20(23)21-7-9-22(10-8-21)26(24,25)19-16(5)14(3)13(2)15(4)17(19)6/h12,18H,7-11H2,1-6H3. The van der Waals surface area contributed by atoms with Gasteiger partial charge in [0.15, 0.2) is 0 Å². The first-order valence-corrected chi connectivity index (χ1v) is 10.9. The van der Waals surface area contributed by atoms with Gasteiger partial charge in [-0.3, -0.25) is 4.79 Å².